The van der Waals surface area contributed by atoms with Gasteiger partial charge in [0.1, 0.15) is 0 Å². The molecule has 0 aromatic heterocycles. The van der Waals surface area contributed by atoms with Gasteiger partial charge >= 0.3 is 0 Å². The molecule has 0 aliphatic carbocycles. The van der Waals surface area contributed by atoms with E-state index in [1.165, 1.54) is 0 Å². The van der Waals surface area contributed by atoms with Gasteiger partial charge in [-0.05, 0) is 6.42 Å². The summed E-state index contributed by atoms with van der Waals surface area (Å²) in [5.74, 6) is 0.142. The summed E-state index contributed by atoms with van der Waals surface area (Å²) in [5, 5.41) is 0. The largest absolute Gasteiger partial charge is 0.382 e. The summed E-state index contributed by atoms with van der Waals surface area (Å²) in [7, 11) is 5.13. The Hall–Kier alpha value is -0.650. The number of nitrogens with one attached hydrogen (secondary N) is 1. The van der Waals surface area contributed by atoms with E-state index in [1.54, 1.807) is 26.1 Å². The summed E-state index contributed by atoms with van der Waals surface area (Å²) in [6, 6.07) is 0. The van der Waals surface area contributed by atoms with Gasteiger partial charge in [-0.15, -0.1) is 0 Å². The first kappa shape index (κ1) is 13.4. The number of methoxy groups -OCH3 is 1. The maximum Gasteiger partial charge on any atom is 0.222 e. The van der Waals surface area contributed by atoms with Gasteiger partial charge in [-0.1, -0.05) is 0 Å². The first-order chi connectivity index (χ1) is 6.68. The predicted molar refractivity (Wildman–Crippen MR) is 53.8 cm³/mol. The molecule has 5 heteroatoms. The predicted octanol–water partition coefficient (Wildman–Crippen LogP) is 0.0224. The number of hydrogen-bond acceptors (Lipinski definition) is 4. The highest BCUT2D eigenvalue weighted by Crippen LogP contribution is 1.91. The van der Waals surface area contributed by atoms with Crippen molar-refractivity contribution < 1.29 is 14.4 Å². The van der Waals surface area contributed by atoms with Gasteiger partial charge in [0.05, 0.1) is 13.2 Å². The van der Waals surface area contributed by atoms with Crippen LogP contribution in [0.25, 0.3) is 0 Å². The molecule has 0 aromatic carbocycles. The lowest BCUT2D eigenvalue weighted by atomic mass is 10.3. The van der Waals surface area contributed by atoms with Crippen LogP contribution in [0.5, 0.6) is 0 Å². The second-order valence-electron chi connectivity index (χ2n) is 3.13. The van der Waals surface area contributed by atoms with E-state index in [9.17, 15) is 4.79 Å². The Balaban J connectivity index is 3.10. The monoisotopic (exact) mass is 204 g/mol. The number of hydroxylamine groups is 1. The van der Waals surface area contributed by atoms with Crippen LogP contribution in [0.4, 0.5) is 0 Å². The number of amides is 1. The van der Waals surface area contributed by atoms with Crippen molar-refractivity contribution in [3.63, 3.8) is 0 Å². The molecule has 1 N–H and O–H groups in total. The maximum absolute atomic E-state index is 11.1. The zero-order valence-electron chi connectivity index (χ0n) is 9.21. The molecule has 5 nitrogen and oxygen atoms in total. The smallest absolute Gasteiger partial charge is 0.222 e. The van der Waals surface area contributed by atoms with E-state index in [0.29, 0.717) is 26.2 Å². The van der Waals surface area contributed by atoms with Gasteiger partial charge in [-0.25, -0.2) is 5.48 Å². The van der Waals surface area contributed by atoms with Crippen LogP contribution < -0.4 is 5.48 Å². The maximum atomic E-state index is 11.1. The summed E-state index contributed by atoms with van der Waals surface area (Å²) < 4.78 is 4.79. The number of carbonyl (C=O) groups is 1. The van der Waals surface area contributed by atoms with E-state index >= 15 is 0 Å². The lowest BCUT2D eigenvalue weighted by Gasteiger charge is -2.10. The van der Waals surface area contributed by atoms with Gasteiger partial charge in [0, 0.05) is 34.2 Å². The van der Waals surface area contributed by atoms with Crippen LogP contribution in [-0.2, 0) is 14.4 Å². The van der Waals surface area contributed by atoms with Crippen LogP contribution in [0.2, 0.25) is 0 Å². The lowest BCUT2D eigenvalue weighted by Crippen LogP contribution is -2.24. The number of hydrogen-bond donors (Lipinski definition) is 1. The van der Waals surface area contributed by atoms with Crippen molar-refractivity contribution in [2.75, 3.05) is 41.0 Å². The van der Waals surface area contributed by atoms with Crippen LogP contribution in [-0.4, -0.2) is 51.8 Å². The topological polar surface area (TPSA) is 50.8 Å². The molecule has 0 saturated heterocycles. The van der Waals surface area contributed by atoms with Crippen molar-refractivity contribution in [3.05, 3.63) is 0 Å². The Morgan fingerprint density at radius 1 is 1.36 bits per heavy atom. The fourth-order valence-electron chi connectivity index (χ4n) is 0.805. The molecule has 0 rings (SSSR count). The number of carbonyl (C=O) groups excluding carboxylic acids is 1. The van der Waals surface area contributed by atoms with Crippen molar-refractivity contribution in [3.8, 4) is 0 Å². The van der Waals surface area contributed by atoms with E-state index < -0.39 is 0 Å². The quantitative estimate of drug-likeness (QED) is 0.447. The zero-order valence-corrected chi connectivity index (χ0v) is 9.21. The van der Waals surface area contributed by atoms with Gasteiger partial charge in [0.15, 0.2) is 0 Å². The van der Waals surface area contributed by atoms with Crippen molar-refractivity contribution in [1.29, 1.82) is 0 Å². The third-order valence-corrected chi connectivity index (χ3v) is 1.66. The lowest BCUT2D eigenvalue weighted by molar-refractivity contribution is -0.128. The summed E-state index contributed by atoms with van der Waals surface area (Å²) in [4.78, 5) is 17.7. The number of nitrogens with zero attached hydrogens (tertiary/aromatic N) is 1. The van der Waals surface area contributed by atoms with Crippen LogP contribution in [0.1, 0.15) is 12.8 Å². The minimum Gasteiger partial charge on any atom is -0.382 e. The van der Waals surface area contributed by atoms with Crippen LogP contribution in [0.15, 0.2) is 0 Å². The molecule has 0 heterocycles. The number of ether oxygens (including phenoxy) is 1. The van der Waals surface area contributed by atoms with Crippen LogP contribution in [0, 0.1) is 0 Å². The summed E-state index contributed by atoms with van der Waals surface area (Å²) >= 11 is 0. The molecule has 0 spiro atoms. The molecule has 0 saturated carbocycles. The highest BCUT2D eigenvalue weighted by molar-refractivity contribution is 5.75. The van der Waals surface area contributed by atoms with Gasteiger partial charge in [-0.2, -0.15) is 0 Å². The minimum atomic E-state index is 0.142. The normalized spacial score (nSPS) is 10.2. The molecule has 0 radical (unpaired) electrons. The van der Waals surface area contributed by atoms with Crippen molar-refractivity contribution in [2.45, 2.75) is 12.8 Å². The molecular weight excluding hydrogens is 184 g/mol. The fourth-order valence-corrected chi connectivity index (χ4v) is 0.805. The SMILES string of the molecule is COCCONCCCC(=O)N(C)C. The summed E-state index contributed by atoms with van der Waals surface area (Å²) in [6.07, 6.45) is 1.33. The van der Waals surface area contributed by atoms with Crippen LogP contribution in [0.3, 0.4) is 0 Å². The van der Waals surface area contributed by atoms with Gasteiger partial charge < -0.3 is 9.64 Å². The second-order valence-corrected chi connectivity index (χ2v) is 3.13. The standard InChI is InChI=1S/C9H20N2O3/c1-11(2)9(12)5-4-6-10-14-8-7-13-3/h10H,4-8H2,1-3H3. The molecule has 0 fully saturated rings. The van der Waals surface area contributed by atoms with Gasteiger partial charge in [0.2, 0.25) is 5.91 Å². The zero-order chi connectivity index (χ0) is 10.8. The minimum absolute atomic E-state index is 0.142. The Morgan fingerprint density at radius 2 is 2.07 bits per heavy atom. The van der Waals surface area contributed by atoms with E-state index in [1.807, 2.05) is 0 Å². The highest BCUT2D eigenvalue weighted by Gasteiger charge is 2.01. The fraction of sp³-hybridized carbons (Fsp3) is 0.889. The van der Waals surface area contributed by atoms with Gasteiger partial charge in [-0.3, -0.25) is 9.63 Å². The average Bonchev–Trinajstić information content (AvgIpc) is 2.16. The Labute approximate surface area is 85.3 Å². The molecule has 14 heavy (non-hydrogen) atoms. The molecule has 0 aliphatic rings. The van der Waals surface area contributed by atoms with E-state index in [2.05, 4.69) is 5.48 Å². The number of rotatable bonds is 8. The molecule has 0 aliphatic heterocycles. The Bertz CT molecular complexity index is 151. The second kappa shape index (κ2) is 8.93. The molecular formula is C9H20N2O3. The van der Waals surface area contributed by atoms with Crippen molar-refractivity contribution >= 4 is 5.91 Å². The molecule has 0 atom stereocenters. The van der Waals surface area contributed by atoms with E-state index in [4.69, 9.17) is 9.57 Å². The van der Waals surface area contributed by atoms with Crippen LogP contribution >= 0.6 is 0 Å². The highest BCUT2D eigenvalue weighted by atomic mass is 16.7. The Kier molecular flexibility index (Phi) is 8.51. The summed E-state index contributed by atoms with van der Waals surface area (Å²) in [5.41, 5.74) is 2.76. The first-order valence-electron chi connectivity index (χ1n) is 4.72. The third kappa shape index (κ3) is 7.97. The van der Waals surface area contributed by atoms with Crippen molar-refractivity contribution in [1.82, 2.24) is 10.4 Å². The molecule has 0 unspecified atom stereocenters. The molecule has 0 bridgehead atoms. The third-order valence-electron chi connectivity index (χ3n) is 1.66. The summed E-state index contributed by atoms with van der Waals surface area (Å²) in [6.45, 7) is 1.78. The molecule has 1 amide bonds. The first-order valence-corrected chi connectivity index (χ1v) is 4.72. The van der Waals surface area contributed by atoms with E-state index in [-0.39, 0.29) is 5.91 Å². The molecule has 84 valence electrons. The molecule has 0 aromatic rings. The van der Waals surface area contributed by atoms with Gasteiger partial charge in [0.25, 0.3) is 0 Å². The van der Waals surface area contributed by atoms with Crippen molar-refractivity contribution in [2.24, 2.45) is 0 Å². The average molecular weight is 204 g/mol. The van der Waals surface area contributed by atoms with E-state index in [0.717, 1.165) is 6.42 Å². The Morgan fingerprint density at radius 3 is 2.64 bits per heavy atom.